The molecule has 0 fully saturated rings. The summed E-state index contributed by atoms with van der Waals surface area (Å²) in [6.45, 7) is 4.73. The van der Waals surface area contributed by atoms with E-state index in [1.165, 1.54) is 5.56 Å². The first-order valence-corrected chi connectivity index (χ1v) is 9.40. The number of aromatic hydroxyl groups is 1. The van der Waals surface area contributed by atoms with Gasteiger partial charge in [-0.05, 0) is 55.2 Å². The van der Waals surface area contributed by atoms with Crippen LogP contribution in [0.3, 0.4) is 0 Å². The van der Waals surface area contributed by atoms with Gasteiger partial charge in [-0.2, -0.15) is 0 Å². The van der Waals surface area contributed by atoms with E-state index < -0.39 is 5.91 Å². The molecule has 146 valence electrons. The molecule has 1 amide bonds. The van der Waals surface area contributed by atoms with Crippen molar-refractivity contribution in [2.75, 3.05) is 7.11 Å². The summed E-state index contributed by atoms with van der Waals surface area (Å²) in [6.07, 6.45) is 1.58. The summed E-state index contributed by atoms with van der Waals surface area (Å²) >= 11 is 0. The van der Waals surface area contributed by atoms with E-state index in [4.69, 9.17) is 10.5 Å². The highest BCUT2D eigenvalue weighted by Crippen LogP contribution is 2.34. The molecule has 3 N–H and O–H groups in total. The molecule has 1 aromatic heterocycles. The van der Waals surface area contributed by atoms with Crippen molar-refractivity contribution < 1.29 is 14.6 Å². The molecule has 0 bridgehead atoms. The molecule has 0 spiro atoms. The van der Waals surface area contributed by atoms with Crippen LogP contribution in [0.1, 0.15) is 34.2 Å². The predicted octanol–water partition coefficient (Wildman–Crippen LogP) is 4.08. The standard InChI is InChI=1S/C23H26N2O3/c1-4-20-22(17-6-5-7-18(26)14-17)21(23(24)27)15(2)25(20)13-12-16-8-10-19(28-3)11-9-16/h5-11,14,26H,4,12-13H2,1-3H3,(H2,24,27). The number of nitrogens with two attached hydrogens (primary N) is 1. The number of rotatable bonds is 7. The first-order chi connectivity index (χ1) is 13.5. The van der Waals surface area contributed by atoms with Gasteiger partial charge in [0.05, 0.1) is 12.7 Å². The molecule has 2 aromatic carbocycles. The zero-order chi connectivity index (χ0) is 20.3. The van der Waals surface area contributed by atoms with E-state index in [1.54, 1.807) is 25.3 Å². The lowest BCUT2D eigenvalue weighted by molar-refractivity contribution is 0.1000. The average molecular weight is 378 g/mol. The summed E-state index contributed by atoms with van der Waals surface area (Å²) in [4.78, 5) is 12.3. The van der Waals surface area contributed by atoms with E-state index in [1.807, 2.05) is 25.1 Å². The Morgan fingerprint density at radius 1 is 1.18 bits per heavy atom. The molecule has 5 heteroatoms. The maximum absolute atomic E-state index is 12.3. The second-order valence-corrected chi connectivity index (χ2v) is 6.80. The van der Waals surface area contributed by atoms with Crippen molar-refractivity contribution in [2.24, 2.45) is 5.73 Å². The molecule has 0 saturated heterocycles. The van der Waals surface area contributed by atoms with Crippen molar-refractivity contribution in [1.82, 2.24) is 4.57 Å². The van der Waals surface area contributed by atoms with Gasteiger partial charge in [0.1, 0.15) is 11.5 Å². The molecule has 0 aliphatic rings. The number of benzene rings is 2. The number of carbonyl (C=O) groups excluding carboxylic acids is 1. The number of amides is 1. The van der Waals surface area contributed by atoms with Crippen molar-refractivity contribution in [3.05, 3.63) is 71.0 Å². The van der Waals surface area contributed by atoms with Gasteiger partial charge in [-0.3, -0.25) is 4.79 Å². The molecule has 0 atom stereocenters. The highest BCUT2D eigenvalue weighted by molar-refractivity contribution is 6.02. The maximum atomic E-state index is 12.3. The van der Waals surface area contributed by atoms with Crippen LogP contribution in [-0.4, -0.2) is 22.7 Å². The summed E-state index contributed by atoms with van der Waals surface area (Å²) < 4.78 is 7.38. The zero-order valence-electron chi connectivity index (χ0n) is 16.5. The molecule has 0 saturated carbocycles. The third-order valence-electron chi connectivity index (χ3n) is 5.13. The second kappa shape index (κ2) is 8.21. The van der Waals surface area contributed by atoms with Crippen molar-refractivity contribution in [3.63, 3.8) is 0 Å². The molecule has 3 rings (SSSR count). The van der Waals surface area contributed by atoms with Crippen LogP contribution in [0, 0.1) is 6.92 Å². The lowest BCUT2D eigenvalue weighted by Gasteiger charge is -2.12. The Morgan fingerprint density at radius 3 is 2.46 bits per heavy atom. The summed E-state index contributed by atoms with van der Waals surface area (Å²) in [6, 6.07) is 15.0. The summed E-state index contributed by atoms with van der Waals surface area (Å²) in [5, 5.41) is 9.91. The van der Waals surface area contributed by atoms with E-state index in [0.717, 1.165) is 47.7 Å². The average Bonchev–Trinajstić information content (AvgIpc) is 2.98. The largest absolute Gasteiger partial charge is 0.508 e. The van der Waals surface area contributed by atoms with E-state index in [0.29, 0.717) is 5.56 Å². The van der Waals surface area contributed by atoms with Crippen molar-refractivity contribution in [3.8, 4) is 22.6 Å². The normalized spacial score (nSPS) is 10.8. The molecule has 0 radical (unpaired) electrons. The van der Waals surface area contributed by atoms with Gasteiger partial charge in [0.25, 0.3) is 5.91 Å². The molecular formula is C23H26N2O3. The third kappa shape index (κ3) is 3.74. The third-order valence-corrected chi connectivity index (χ3v) is 5.13. The molecule has 0 aliphatic heterocycles. The molecule has 0 aliphatic carbocycles. The number of phenolic OH excluding ortho intramolecular Hbond substituents is 1. The van der Waals surface area contributed by atoms with Crippen molar-refractivity contribution in [1.29, 1.82) is 0 Å². The fraction of sp³-hybridized carbons (Fsp3) is 0.261. The van der Waals surface area contributed by atoms with Crippen LogP contribution in [0.2, 0.25) is 0 Å². The smallest absolute Gasteiger partial charge is 0.251 e. The first kappa shape index (κ1) is 19.5. The summed E-state index contributed by atoms with van der Waals surface area (Å²) in [5.74, 6) is 0.546. The number of hydrogen-bond donors (Lipinski definition) is 2. The summed E-state index contributed by atoms with van der Waals surface area (Å²) in [5.41, 5.74) is 11.0. The van der Waals surface area contributed by atoms with Crippen LogP contribution in [0.15, 0.2) is 48.5 Å². The van der Waals surface area contributed by atoms with Gasteiger partial charge in [0.15, 0.2) is 0 Å². The van der Waals surface area contributed by atoms with Gasteiger partial charge in [-0.15, -0.1) is 0 Å². The zero-order valence-corrected chi connectivity index (χ0v) is 16.5. The van der Waals surface area contributed by atoms with Gasteiger partial charge >= 0.3 is 0 Å². The lowest BCUT2D eigenvalue weighted by Crippen LogP contribution is -2.14. The first-order valence-electron chi connectivity index (χ1n) is 9.40. The van der Waals surface area contributed by atoms with Gasteiger partial charge in [0, 0.05) is 23.5 Å². The number of aromatic nitrogens is 1. The SMILES string of the molecule is CCc1c(-c2cccc(O)c2)c(C(N)=O)c(C)n1CCc1ccc(OC)cc1. The minimum absolute atomic E-state index is 0.165. The van der Waals surface area contributed by atoms with Gasteiger partial charge in [0.2, 0.25) is 0 Å². The number of nitrogens with zero attached hydrogens (tertiary/aromatic N) is 1. The maximum Gasteiger partial charge on any atom is 0.251 e. The molecule has 0 unspecified atom stereocenters. The van der Waals surface area contributed by atoms with Crippen LogP contribution in [0.25, 0.3) is 11.1 Å². The minimum atomic E-state index is -0.450. The van der Waals surface area contributed by atoms with Crippen LogP contribution < -0.4 is 10.5 Å². The Balaban J connectivity index is 2.03. The minimum Gasteiger partial charge on any atom is -0.508 e. The number of phenols is 1. The monoisotopic (exact) mass is 378 g/mol. The van der Waals surface area contributed by atoms with Crippen LogP contribution in [-0.2, 0) is 19.4 Å². The Kier molecular flexibility index (Phi) is 5.73. The predicted molar refractivity (Wildman–Crippen MR) is 111 cm³/mol. The van der Waals surface area contributed by atoms with Crippen LogP contribution >= 0.6 is 0 Å². The number of aryl methyl sites for hydroxylation is 1. The number of primary amides is 1. The number of carbonyl (C=O) groups is 1. The van der Waals surface area contributed by atoms with E-state index in [9.17, 15) is 9.90 Å². The van der Waals surface area contributed by atoms with Gasteiger partial charge < -0.3 is 20.1 Å². The molecule has 3 aromatic rings. The van der Waals surface area contributed by atoms with Crippen LogP contribution in [0.4, 0.5) is 0 Å². The quantitative estimate of drug-likeness (QED) is 0.650. The second-order valence-electron chi connectivity index (χ2n) is 6.80. The number of ether oxygens (including phenoxy) is 1. The molecule has 1 heterocycles. The summed E-state index contributed by atoms with van der Waals surface area (Å²) in [7, 11) is 1.65. The Morgan fingerprint density at radius 2 is 1.89 bits per heavy atom. The highest BCUT2D eigenvalue weighted by atomic mass is 16.5. The van der Waals surface area contributed by atoms with E-state index in [2.05, 4.69) is 23.6 Å². The molecule has 28 heavy (non-hydrogen) atoms. The number of methoxy groups -OCH3 is 1. The lowest BCUT2D eigenvalue weighted by atomic mass is 9.98. The van der Waals surface area contributed by atoms with Crippen molar-refractivity contribution in [2.45, 2.75) is 33.2 Å². The Labute approximate surface area is 165 Å². The Bertz CT molecular complexity index is 988. The Hall–Kier alpha value is -3.21. The van der Waals surface area contributed by atoms with Gasteiger partial charge in [-0.1, -0.05) is 31.2 Å². The van der Waals surface area contributed by atoms with Crippen LogP contribution in [0.5, 0.6) is 11.5 Å². The molecular weight excluding hydrogens is 352 g/mol. The van der Waals surface area contributed by atoms with E-state index in [-0.39, 0.29) is 5.75 Å². The van der Waals surface area contributed by atoms with Crippen molar-refractivity contribution >= 4 is 5.91 Å². The topological polar surface area (TPSA) is 77.5 Å². The fourth-order valence-electron chi connectivity index (χ4n) is 3.77. The fourth-order valence-corrected chi connectivity index (χ4v) is 3.77. The number of hydrogen-bond acceptors (Lipinski definition) is 3. The molecule has 5 nitrogen and oxygen atoms in total. The highest BCUT2D eigenvalue weighted by Gasteiger charge is 2.24. The van der Waals surface area contributed by atoms with Gasteiger partial charge in [-0.25, -0.2) is 0 Å². The van der Waals surface area contributed by atoms with E-state index >= 15 is 0 Å².